The van der Waals surface area contributed by atoms with Gasteiger partial charge in [-0.1, -0.05) is 36.4 Å². The molecular weight excluding hydrogens is 435 g/mol. The lowest BCUT2D eigenvalue weighted by Gasteiger charge is -2.19. The number of rotatable bonds is 3. The maximum Gasteiger partial charge on any atom is 0.137 e. The first kappa shape index (κ1) is 20.9. The zero-order valence-corrected chi connectivity index (χ0v) is 17.2. The molecule has 0 aromatic heterocycles. The molecule has 0 saturated carbocycles. The summed E-state index contributed by atoms with van der Waals surface area (Å²) in [6.45, 7) is 0. The maximum absolute atomic E-state index is 15.3. The Labute approximate surface area is 185 Å². The molecule has 0 N–H and O–H groups in total. The van der Waals surface area contributed by atoms with Gasteiger partial charge < -0.3 is 4.74 Å². The van der Waals surface area contributed by atoms with Crippen LogP contribution in [0.4, 0.5) is 22.0 Å². The number of ether oxygens (including phenoxy) is 1. The van der Waals surface area contributed by atoms with Crippen molar-refractivity contribution in [1.82, 2.24) is 0 Å². The molecule has 0 spiro atoms. The van der Waals surface area contributed by atoms with Crippen LogP contribution in [0, 0.1) is 29.1 Å². The predicted molar refractivity (Wildman–Crippen MR) is 119 cm³/mol. The molecule has 1 nitrogen and oxygen atoms in total. The van der Waals surface area contributed by atoms with Gasteiger partial charge in [0, 0.05) is 40.3 Å². The van der Waals surface area contributed by atoms with E-state index in [1.807, 2.05) is 0 Å². The third-order valence-corrected chi connectivity index (χ3v) is 5.70. The smallest absolute Gasteiger partial charge is 0.137 e. The lowest BCUT2D eigenvalue weighted by molar-refractivity contribution is 0.407. The summed E-state index contributed by atoms with van der Waals surface area (Å²) in [5.74, 6) is -4.20. The summed E-state index contributed by atoms with van der Waals surface area (Å²) in [7, 11) is 1.28. The lowest BCUT2D eigenvalue weighted by atomic mass is 9.85. The Morgan fingerprint density at radius 3 is 1.82 bits per heavy atom. The van der Waals surface area contributed by atoms with Crippen LogP contribution in [0.15, 0.2) is 72.8 Å². The molecule has 0 radical (unpaired) electrons. The Balaban J connectivity index is 2.03. The fraction of sp³-hybridized carbons (Fsp3) is 0.0370. The number of benzene rings is 5. The monoisotopic (exact) mass is 450 g/mol. The molecule has 5 aromatic rings. The number of fused-ring (bicyclic) bond motifs is 2. The van der Waals surface area contributed by atoms with Gasteiger partial charge in [-0.15, -0.1) is 0 Å². The van der Waals surface area contributed by atoms with Crippen LogP contribution in [-0.4, -0.2) is 7.11 Å². The van der Waals surface area contributed by atoms with Crippen molar-refractivity contribution in [3.05, 3.63) is 102 Å². The Kier molecular flexibility index (Phi) is 5.01. The number of hydrogen-bond acceptors (Lipinski definition) is 1. The average molecular weight is 450 g/mol. The van der Waals surface area contributed by atoms with Crippen LogP contribution < -0.4 is 4.74 Å². The van der Waals surface area contributed by atoms with Crippen molar-refractivity contribution in [3.8, 4) is 28.0 Å². The molecule has 0 saturated heterocycles. The molecule has 5 aromatic carbocycles. The van der Waals surface area contributed by atoms with Crippen LogP contribution in [-0.2, 0) is 0 Å². The molecule has 0 fully saturated rings. The van der Waals surface area contributed by atoms with Gasteiger partial charge in [-0.25, -0.2) is 22.0 Å². The fourth-order valence-electron chi connectivity index (χ4n) is 4.33. The minimum atomic E-state index is -0.928. The Morgan fingerprint density at radius 2 is 1.18 bits per heavy atom. The SMILES string of the molecule is COc1cc(F)c(-c2c3ccccc3c(-c3ccc(F)cc3F)c3cccc(F)c23)c(F)c1. The van der Waals surface area contributed by atoms with Crippen LogP contribution >= 0.6 is 0 Å². The van der Waals surface area contributed by atoms with Gasteiger partial charge in [-0.2, -0.15) is 0 Å². The van der Waals surface area contributed by atoms with E-state index in [4.69, 9.17) is 4.74 Å². The van der Waals surface area contributed by atoms with Gasteiger partial charge >= 0.3 is 0 Å². The topological polar surface area (TPSA) is 9.23 Å². The highest BCUT2D eigenvalue weighted by Gasteiger charge is 2.24. The van der Waals surface area contributed by atoms with E-state index in [-0.39, 0.29) is 27.6 Å². The van der Waals surface area contributed by atoms with E-state index in [0.717, 1.165) is 24.3 Å². The van der Waals surface area contributed by atoms with Crippen molar-refractivity contribution >= 4 is 21.5 Å². The Hall–Kier alpha value is -3.93. The molecule has 164 valence electrons. The second kappa shape index (κ2) is 7.89. The number of halogens is 5. The summed E-state index contributed by atoms with van der Waals surface area (Å²) < 4.78 is 79.0. The van der Waals surface area contributed by atoms with Gasteiger partial charge in [0.1, 0.15) is 34.8 Å². The summed E-state index contributed by atoms with van der Waals surface area (Å²) in [5, 5.41) is 0.921. The lowest BCUT2D eigenvalue weighted by Crippen LogP contribution is -1.99. The molecule has 0 unspecified atom stereocenters. The molecule has 0 atom stereocenters. The van der Waals surface area contributed by atoms with Gasteiger partial charge in [-0.05, 0) is 34.4 Å². The first-order chi connectivity index (χ1) is 15.9. The van der Waals surface area contributed by atoms with Crippen LogP contribution in [0.1, 0.15) is 0 Å². The van der Waals surface area contributed by atoms with Crippen LogP contribution in [0.25, 0.3) is 43.8 Å². The molecule has 6 heteroatoms. The zero-order chi connectivity index (χ0) is 23.3. The molecule has 0 aliphatic carbocycles. The molecule has 0 heterocycles. The third-order valence-electron chi connectivity index (χ3n) is 5.70. The van der Waals surface area contributed by atoms with Crippen LogP contribution in [0.2, 0.25) is 0 Å². The van der Waals surface area contributed by atoms with Crippen molar-refractivity contribution in [3.63, 3.8) is 0 Å². The predicted octanol–water partition coefficient (Wildman–Crippen LogP) is 8.03. The largest absolute Gasteiger partial charge is 0.497 e. The number of hydrogen-bond donors (Lipinski definition) is 0. The summed E-state index contributed by atoms with van der Waals surface area (Å²) in [4.78, 5) is 0. The van der Waals surface area contributed by atoms with E-state index in [1.54, 1.807) is 30.3 Å². The molecule has 0 aliphatic rings. The summed E-state index contributed by atoms with van der Waals surface area (Å²) >= 11 is 0. The molecule has 0 bridgehead atoms. The highest BCUT2D eigenvalue weighted by atomic mass is 19.1. The van der Waals surface area contributed by atoms with E-state index in [1.165, 1.54) is 25.3 Å². The normalized spacial score (nSPS) is 11.3. The second-order valence-electron chi connectivity index (χ2n) is 7.55. The van der Waals surface area contributed by atoms with Crippen molar-refractivity contribution < 1.29 is 26.7 Å². The van der Waals surface area contributed by atoms with E-state index in [0.29, 0.717) is 16.3 Å². The quantitative estimate of drug-likeness (QED) is 0.200. The fourth-order valence-corrected chi connectivity index (χ4v) is 4.33. The van der Waals surface area contributed by atoms with E-state index >= 15 is 13.2 Å². The Bertz CT molecular complexity index is 1540. The van der Waals surface area contributed by atoms with E-state index in [2.05, 4.69) is 0 Å². The molecule has 0 amide bonds. The first-order valence-corrected chi connectivity index (χ1v) is 10.0. The van der Waals surface area contributed by atoms with Crippen molar-refractivity contribution in [2.45, 2.75) is 0 Å². The standard InChI is InChI=1S/C27H15F5O/c1-33-15-12-22(31)27(23(32)13-15)26-17-6-3-2-5-16(17)24(18-10-9-14(28)11-21(18)30)19-7-4-8-20(29)25(19)26/h2-13H,1H3. The summed E-state index contributed by atoms with van der Waals surface area (Å²) in [6.07, 6.45) is 0. The third kappa shape index (κ3) is 3.30. The minimum Gasteiger partial charge on any atom is -0.497 e. The van der Waals surface area contributed by atoms with Gasteiger partial charge in [0.25, 0.3) is 0 Å². The molecule has 5 rings (SSSR count). The van der Waals surface area contributed by atoms with Crippen molar-refractivity contribution in [2.24, 2.45) is 0 Å². The van der Waals surface area contributed by atoms with Crippen LogP contribution in [0.3, 0.4) is 0 Å². The number of methoxy groups -OCH3 is 1. The molecule has 0 aliphatic heterocycles. The molecular formula is C27H15F5O. The van der Waals surface area contributed by atoms with E-state index < -0.39 is 34.6 Å². The first-order valence-electron chi connectivity index (χ1n) is 10.0. The summed E-state index contributed by atoms with van der Waals surface area (Å²) in [5.41, 5.74) is -0.0723. The van der Waals surface area contributed by atoms with Gasteiger partial charge in [0.05, 0.1) is 12.7 Å². The zero-order valence-electron chi connectivity index (χ0n) is 17.2. The van der Waals surface area contributed by atoms with Crippen LogP contribution in [0.5, 0.6) is 5.75 Å². The van der Waals surface area contributed by atoms with E-state index in [9.17, 15) is 8.78 Å². The highest BCUT2D eigenvalue weighted by Crippen LogP contribution is 2.46. The van der Waals surface area contributed by atoms with Gasteiger partial charge in [-0.3, -0.25) is 0 Å². The minimum absolute atomic E-state index is 0.00243. The van der Waals surface area contributed by atoms with Crippen molar-refractivity contribution in [1.29, 1.82) is 0 Å². The van der Waals surface area contributed by atoms with Gasteiger partial charge in [0.15, 0.2) is 0 Å². The average Bonchev–Trinajstić information content (AvgIpc) is 2.79. The molecule has 33 heavy (non-hydrogen) atoms. The second-order valence-corrected chi connectivity index (χ2v) is 7.55. The maximum atomic E-state index is 15.3. The van der Waals surface area contributed by atoms with Crippen molar-refractivity contribution in [2.75, 3.05) is 7.11 Å². The van der Waals surface area contributed by atoms with Gasteiger partial charge in [0.2, 0.25) is 0 Å². The summed E-state index contributed by atoms with van der Waals surface area (Å²) in [6, 6.07) is 15.9. The Morgan fingerprint density at radius 1 is 0.545 bits per heavy atom. The highest BCUT2D eigenvalue weighted by molar-refractivity contribution is 6.21.